The maximum absolute atomic E-state index is 13.1. The Morgan fingerprint density at radius 3 is 1.96 bits per heavy atom. The molecule has 0 aliphatic heterocycles. The highest BCUT2D eigenvalue weighted by Gasteiger charge is 2.71. The lowest BCUT2D eigenvalue weighted by atomic mass is 9.32. The van der Waals surface area contributed by atoms with E-state index in [-0.39, 0.29) is 16.6 Å². The van der Waals surface area contributed by atoms with Crippen molar-refractivity contribution in [1.29, 1.82) is 0 Å². The first-order valence-corrected chi connectivity index (χ1v) is 22.1. The summed E-state index contributed by atoms with van der Waals surface area (Å²) in [4.78, 5) is 13.1. The lowest BCUT2D eigenvalue weighted by Gasteiger charge is -2.73. The zero-order valence-electron chi connectivity index (χ0n) is 32.3. The second kappa shape index (κ2) is 11.9. The molecule has 0 spiro atoms. The van der Waals surface area contributed by atoms with Crippen molar-refractivity contribution in [3.8, 4) is 0 Å². The van der Waals surface area contributed by atoms with Crippen molar-refractivity contribution in [1.82, 2.24) is 0 Å². The zero-order valence-corrected chi connectivity index (χ0v) is 33.3. The van der Waals surface area contributed by atoms with Gasteiger partial charge in [0.15, 0.2) is 0 Å². The van der Waals surface area contributed by atoms with E-state index in [0.717, 1.165) is 35.1 Å². The van der Waals surface area contributed by atoms with Gasteiger partial charge in [-0.25, -0.2) is 0 Å². The highest BCUT2D eigenvalue weighted by Crippen LogP contribution is 2.78. The van der Waals surface area contributed by atoms with Gasteiger partial charge in [-0.2, -0.15) is 0 Å². The number of hydrogen-bond donors (Lipinski definition) is 2. The van der Waals surface area contributed by atoms with Crippen LogP contribution in [0.4, 0.5) is 0 Å². The van der Waals surface area contributed by atoms with Gasteiger partial charge in [-0.1, -0.05) is 121 Å². The Bertz CT molecular complexity index is 1490. The molecule has 4 unspecified atom stereocenters. The van der Waals surface area contributed by atoms with Gasteiger partial charge in [0.2, 0.25) is 0 Å². The van der Waals surface area contributed by atoms with Crippen LogP contribution in [0.2, 0.25) is 5.04 Å². The van der Waals surface area contributed by atoms with Crippen LogP contribution in [0.1, 0.15) is 132 Å². The Kier molecular flexibility index (Phi) is 8.69. The summed E-state index contributed by atoms with van der Waals surface area (Å²) in [6, 6.07) is 21.3. The van der Waals surface area contributed by atoms with Gasteiger partial charge < -0.3 is 9.90 Å². The lowest BCUT2D eigenvalue weighted by Crippen LogP contribution is -2.67. The van der Waals surface area contributed by atoms with Gasteiger partial charge in [0.1, 0.15) is 0 Å². The van der Waals surface area contributed by atoms with Crippen LogP contribution in [0.3, 0.4) is 0 Å². The third kappa shape index (κ3) is 4.97. The first kappa shape index (κ1) is 35.7. The molecular formula is C46H68O2Si. The SMILES string of the molecule is C=C(C)[C@@H]1CC[C@]2(CCC(C)(C)[Si](O)(c3ccccc3)c3ccccc3)CC[C@]3(C)C(CCC4[C@@]5(C)CC[C@H](O)C(C)(C)C5CC[C@]43C)C12. The Labute approximate surface area is 300 Å². The number of rotatable bonds is 7. The van der Waals surface area contributed by atoms with E-state index in [1.165, 1.54) is 69.8 Å². The molecule has 7 rings (SSSR count). The molecule has 2 nitrogen and oxygen atoms in total. The molecule has 0 saturated heterocycles. The third-order valence-corrected chi connectivity index (χ3v) is 22.4. The van der Waals surface area contributed by atoms with Gasteiger partial charge in [0.25, 0.3) is 8.32 Å². The van der Waals surface area contributed by atoms with E-state index in [4.69, 9.17) is 0 Å². The average molecular weight is 681 g/mol. The minimum Gasteiger partial charge on any atom is -0.424 e. The molecule has 0 bridgehead atoms. The molecule has 3 heteroatoms. The largest absolute Gasteiger partial charge is 0.424 e. The van der Waals surface area contributed by atoms with Gasteiger partial charge in [-0.3, -0.25) is 0 Å². The molecule has 10 atom stereocenters. The van der Waals surface area contributed by atoms with E-state index in [0.29, 0.717) is 39.4 Å². The van der Waals surface area contributed by atoms with Crippen LogP contribution in [0.5, 0.6) is 0 Å². The van der Waals surface area contributed by atoms with Crippen molar-refractivity contribution >= 4 is 18.7 Å². The average Bonchev–Trinajstić information content (AvgIpc) is 3.47. The molecular weight excluding hydrogens is 613 g/mol. The van der Waals surface area contributed by atoms with Gasteiger partial charge >= 0.3 is 0 Å². The predicted octanol–water partition coefficient (Wildman–Crippen LogP) is 10.3. The number of aliphatic hydroxyl groups is 1. The van der Waals surface area contributed by atoms with Crippen LogP contribution in [-0.2, 0) is 0 Å². The molecule has 5 saturated carbocycles. The fourth-order valence-corrected chi connectivity index (χ4v) is 18.5. The minimum atomic E-state index is -3.06. The Hall–Kier alpha value is -1.68. The quantitative estimate of drug-likeness (QED) is 0.226. The summed E-state index contributed by atoms with van der Waals surface area (Å²) >= 11 is 0. The number of allylic oxidation sites excluding steroid dienone is 1. The molecule has 5 aliphatic carbocycles. The molecule has 49 heavy (non-hydrogen) atoms. The molecule has 0 amide bonds. The van der Waals surface area contributed by atoms with Crippen LogP contribution >= 0.6 is 0 Å². The van der Waals surface area contributed by atoms with Crippen molar-refractivity contribution in [3.05, 3.63) is 72.8 Å². The van der Waals surface area contributed by atoms with Gasteiger partial charge in [0, 0.05) is 0 Å². The van der Waals surface area contributed by atoms with Gasteiger partial charge in [-0.15, -0.1) is 0 Å². The molecule has 2 N–H and O–H groups in total. The maximum atomic E-state index is 13.1. The highest BCUT2D eigenvalue weighted by molar-refractivity contribution is 6.98. The molecule has 2 aromatic carbocycles. The molecule has 0 radical (unpaired) electrons. The fraction of sp³-hybridized carbons (Fsp3) is 0.696. The summed E-state index contributed by atoms with van der Waals surface area (Å²) in [5, 5.41) is 13.2. The second-order valence-corrected chi connectivity index (χ2v) is 24.2. The van der Waals surface area contributed by atoms with E-state index in [1.807, 2.05) is 0 Å². The summed E-state index contributed by atoms with van der Waals surface area (Å²) in [6.07, 6.45) is 14.8. The van der Waals surface area contributed by atoms with E-state index in [1.54, 1.807) is 0 Å². The Morgan fingerprint density at radius 1 is 0.755 bits per heavy atom. The molecule has 5 fully saturated rings. The van der Waals surface area contributed by atoms with Gasteiger partial charge in [0.05, 0.1) is 6.10 Å². The summed E-state index contributed by atoms with van der Waals surface area (Å²) < 4.78 is 0. The monoisotopic (exact) mass is 680 g/mol. The summed E-state index contributed by atoms with van der Waals surface area (Å²) in [7, 11) is -3.06. The van der Waals surface area contributed by atoms with E-state index >= 15 is 0 Å². The summed E-state index contributed by atoms with van der Waals surface area (Å²) in [5.74, 6) is 3.38. The van der Waals surface area contributed by atoms with Crippen molar-refractivity contribution in [2.45, 2.75) is 144 Å². The number of aliphatic hydroxyl groups excluding tert-OH is 1. The number of hydrogen-bond acceptors (Lipinski definition) is 2. The zero-order chi connectivity index (χ0) is 35.3. The van der Waals surface area contributed by atoms with E-state index in [2.05, 4.69) is 123 Å². The third-order valence-electron chi connectivity index (χ3n) is 17.8. The van der Waals surface area contributed by atoms with Crippen LogP contribution in [0, 0.1) is 56.7 Å². The first-order valence-electron chi connectivity index (χ1n) is 20.1. The standard InChI is InChI=1S/C46H68O2Si/c1-32(2)35-22-27-46(30-28-41(3,4)49(48,33-16-12-10-13-17-33)34-18-14-11-15-19-34)31-29-44(8)36(40(35)46)20-21-38-43(7)25-24-39(47)42(5,6)37(43)23-26-45(38,44)9/h10-19,35-40,47-48H,1,20-31H2,2-9H3/t35-,36?,37?,38?,39-,40?,43-,44+,45+,46-/m0/s1. The Balaban J connectivity index is 1.22. The van der Waals surface area contributed by atoms with Crippen LogP contribution < -0.4 is 10.4 Å². The summed E-state index contributed by atoms with van der Waals surface area (Å²) in [5.41, 5.74) is 2.73. The van der Waals surface area contributed by atoms with E-state index < -0.39 is 8.32 Å². The smallest absolute Gasteiger partial charge is 0.258 e. The van der Waals surface area contributed by atoms with Crippen molar-refractivity contribution in [2.75, 3.05) is 0 Å². The van der Waals surface area contributed by atoms with Crippen LogP contribution in [0.15, 0.2) is 72.8 Å². The molecule has 2 aromatic rings. The maximum Gasteiger partial charge on any atom is 0.258 e. The highest BCUT2D eigenvalue weighted by atomic mass is 28.4. The number of fused-ring (bicyclic) bond motifs is 7. The molecule has 5 aliphatic rings. The minimum absolute atomic E-state index is 0.00183. The van der Waals surface area contributed by atoms with Gasteiger partial charge in [-0.05, 0) is 156 Å². The van der Waals surface area contributed by atoms with Crippen molar-refractivity contribution in [2.24, 2.45) is 56.7 Å². The molecule has 0 aromatic heterocycles. The summed E-state index contributed by atoms with van der Waals surface area (Å²) in [6.45, 7) is 24.7. The first-order chi connectivity index (χ1) is 23.0. The lowest BCUT2D eigenvalue weighted by molar-refractivity contribution is -0.248. The van der Waals surface area contributed by atoms with E-state index in [9.17, 15) is 9.90 Å². The number of benzene rings is 2. The Morgan fingerprint density at radius 2 is 1.37 bits per heavy atom. The van der Waals surface area contributed by atoms with Crippen molar-refractivity contribution in [3.63, 3.8) is 0 Å². The predicted molar refractivity (Wildman–Crippen MR) is 208 cm³/mol. The van der Waals surface area contributed by atoms with Crippen LogP contribution in [-0.4, -0.2) is 24.3 Å². The molecule has 268 valence electrons. The van der Waals surface area contributed by atoms with Crippen LogP contribution in [0.25, 0.3) is 0 Å². The topological polar surface area (TPSA) is 40.5 Å². The molecule has 0 heterocycles. The second-order valence-electron chi connectivity index (χ2n) is 20.3. The van der Waals surface area contributed by atoms with Crippen molar-refractivity contribution < 1.29 is 9.90 Å². The normalized spacial score (nSPS) is 41.6. The fourth-order valence-electron chi connectivity index (χ4n) is 14.8.